The van der Waals surface area contributed by atoms with E-state index in [2.05, 4.69) is 4.98 Å². The third-order valence-corrected chi connectivity index (χ3v) is 4.57. The van der Waals surface area contributed by atoms with Gasteiger partial charge in [0.25, 0.3) is 5.91 Å². The SMILES string of the molecule is O=C(c1cnc2ccsc2c1)N(CCO)CCc1ccccc1. The van der Waals surface area contributed by atoms with Crippen molar-refractivity contribution in [2.24, 2.45) is 0 Å². The number of hydrogen-bond donors (Lipinski definition) is 1. The van der Waals surface area contributed by atoms with Crippen LogP contribution in [0, 0.1) is 0 Å². The molecular formula is C18H18N2O2S. The van der Waals surface area contributed by atoms with E-state index in [4.69, 9.17) is 0 Å². The third-order valence-electron chi connectivity index (χ3n) is 3.72. The molecule has 3 aromatic rings. The van der Waals surface area contributed by atoms with Gasteiger partial charge in [-0.25, -0.2) is 0 Å². The molecule has 0 unspecified atom stereocenters. The van der Waals surface area contributed by atoms with E-state index in [1.165, 1.54) is 5.56 Å². The zero-order chi connectivity index (χ0) is 16.1. The van der Waals surface area contributed by atoms with Crippen molar-refractivity contribution in [2.75, 3.05) is 19.7 Å². The van der Waals surface area contributed by atoms with Gasteiger partial charge in [-0.1, -0.05) is 30.3 Å². The third kappa shape index (κ3) is 3.75. The molecule has 1 aromatic carbocycles. The number of amides is 1. The van der Waals surface area contributed by atoms with Crippen molar-refractivity contribution in [3.8, 4) is 0 Å². The van der Waals surface area contributed by atoms with Crippen LogP contribution in [0.4, 0.5) is 0 Å². The summed E-state index contributed by atoms with van der Waals surface area (Å²) in [5, 5.41) is 11.2. The second-order valence-electron chi connectivity index (χ2n) is 5.28. The minimum Gasteiger partial charge on any atom is -0.395 e. The van der Waals surface area contributed by atoms with Crippen LogP contribution >= 0.6 is 11.3 Å². The van der Waals surface area contributed by atoms with E-state index in [-0.39, 0.29) is 12.5 Å². The van der Waals surface area contributed by atoms with Crippen LogP contribution in [0.5, 0.6) is 0 Å². The number of fused-ring (bicyclic) bond motifs is 1. The Morgan fingerprint density at radius 3 is 2.78 bits per heavy atom. The van der Waals surface area contributed by atoms with Gasteiger partial charge in [0.2, 0.25) is 0 Å². The summed E-state index contributed by atoms with van der Waals surface area (Å²) < 4.78 is 1.00. The van der Waals surface area contributed by atoms with Gasteiger partial charge in [-0.05, 0) is 29.5 Å². The Labute approximate surface area is 139 Å². The highest BCUT2D eigenvalue weighted by Gasteiger charge is 2.16. The maximum absolute atomic E-state index is 12.7. The Hall–Kier alpha value is -2.24. The summed E-state index contributed by atoms with van der Waals surface area (Å²) in [5.41, 5.74) is 2.65. The fourth-order valence-corrected chi connectivity index (χ4v) is 3.27. The van der Waals surface area contributed by atoms with E-state index in [1.54, 1.807) is 22.4 Å². The molecule has 4 nitrogen and oxygen atoms in total. The predicted octanol–water partition coefficient (Wildman–Crippen LogP) is 2.97. The monoisotopic (exact) mass is 326 g/mol. The largest absolute Gasteiger partial charge is 0.395 e. The van der Waals surface area contributed by atoms with E-state index in [0.29, 0.717) is 18.7 Å². The standard InChI is InChI=1S/C18H18N2O2S/c21-10-9-20(8-6-14-4-2-1-3-5-14)18(22)15-12-17-16(19-13-15)7-11-23-17/h1-5,7,11-13,21H,6,8-10H2. The fraction of sp³-hybridized carbons (Fsp3) is 0.222. The molecule has 0 saturated heterocycles. The molecule has 0 saturated carbocycles. The average Bonchev–Trinajstić information content (AvgIpc) is 3.06. The molecule has 0 aliphatic carbocycles. The molecule has 2 aromatic heterocycles. The molecular weight excluding hydrogens is 308 g/mol. The molecule has 0 fully saturated rings. The number of aliphatic hydroxyl groups excluding tert-OH is 1. The lowest BCUT2D eigenvalue weighted by molar-refractivity contribution is 0.0724. The number of carbonyl (C=O) groups is 1. The minimum atomic E-state index is -0.0854. The maximum Gasteiger partial charge on any atom is 0.255 e. The molecule has 1 N–H and O–H groups in total. The fourth-order valence-electron chi connectivity index (χ4n) is 2.49. The lowest BCUT2D eigenvalue weighted by atomic mass is 10.1. The van der Waals surface area contributed by atoms with E-state index >= 15 is 0 Å². The molecule has 5 heteroatoms. The highest BCUT2D eigenvalue weighted by Crippen LogP contribution is 2.20. The number of rotatable bonds is 6. The smallest absolute Gasteiger partial charge is 0.255 e. The molecule has 0 bridgehead atoms. The normalized spacial score (nSPS) is 10.8. The summed E-state index contributed by atoms with van der Waals surface area (Å²) in [6, 6.07) is 13.9. The van der Waals surface area contributed by atoms with Gasteiger partial charge in [0.15, 0.2) is 0 Å². The zero-order valence-corrected chi connectivity index (χ0v) is 13.5. The molecule has 0 aliphatic heterocycles. The summed E-state index contributed by atoms with van der Waals surface area (Å²) in [6.45, 7) is 0.856. The number of aromatic nitrogens is 1. The van der Waals surface area contributed by atoms with Gasteiger partial charge in [0, 0.05) is 19.3 Å². The van der Waals surface area contributed by atoms with Crippen LogP contribution in [0.15, 0.2) is 54.0 Å². The van der Waals surface area contributed by atoms with E-state index in [1.807, 2.05) is 47.8 Å². The summed E-state index contributed by atoms with van der Waals surface area (Å²) in [5.74, 6) is -0.0854. The number of hydrogen-bond acceptors (Lipinski definition) is 4. The first-order chi connectivity index (χ1) is 11.3. The van der Waals surface area contributed by atoms with Crippen LogP contribution in [-0.2, 0) is 6.42 Å². The summed E-state index contributed by atoms with van der Waals surface area (Å²) in [6.07, 6.45) is 2.38. The summed E-state index contributed by atoms with van der Waals surface area (Å²) >= 11 is 1.57. The highest BCUT2D eigenvalue weighted by atomic mass is 32.1. The quantitative estimate of drug-likeness (QED) is 0.758. The number of benzene rings is 1. The molecule has 0 spiro atoms. The van der Waals surface area contributed by atoms with Gasteiger partial charge < -0.3 is 10.0 Å². The van der Waals surface area contributed by atoms with Crippen LogP contribution in [-0.4, -0.2) is 40.6 Å². The van der Waals surface area contributed by atoms with Gasteiger partial charge in [-0.2, -0.15) is 0 Å². The van der Waals surface area contributed by atoms with Crippen molar-refractivity contribution in [1.82, 2.24) is 9.88 Å². The van der Waals surface area contributed by atoms with Crippen LogP contribution < -0.4 is 0 Å². The van der Waals surface area contributed by atoms with Gasteiger partial charge in [0.05, 0.1) is 22.4 Å². The molecule has 1 amide bonds. The van der Waals surface area contributed by atoms with E-state index in [0.717, 1.165) is 16.6 Å². The number of nitrogens with zero attached hydrogens (tertiary/aromatic N) is 2. The van der Waals surface area contributed by atoms with Gasteiger partial charge in [-0.3, -0.25) is 9.78 Å². The second kappa shape index (κ2) is 7.35. The van der Waals surface area contributed by atoms with Crippen molar-refractivity contribution in [1.29, 1.82) is 0 Å². The van der Waals surface area contributed by atoms with Crippen molar-refractivity contribution in [2.45, 2.75) is 6.42 Å². The summed E-state index contributed by atoms with van der Waals surface area (Å²) in [7, 11) is 0. The van der Waals surface area contributed by atoms with E-state index < -0.39 is 0 Å². The van der Waals surface area contributed by atoms with Crippen molar-refractivity contribution in [3.05, 3.63) is 65.2 Å². The molecule has 118 valence electrons. The van der Waals surface area contributed by atoms with E-state index in [9.17, 15) is 9.90 Å². The molecule has 23 heavy (non-hydrogen) atoms. The first-order valence-corrected chi connectivity index (χ1v) is 8.43. The molecule has 0 radical (unpaired) electrons. The first-order valence-electron chi connectivity index (χ1n) is 7.55. The Kier molecular flexibility index (Phi) is 5.00. The van der Waals surface area contributed by atoms with Gasteiger partial charge >= 0.3 is 0 Å². The minimum absolute atomic E-state index is 0.0464. The zero-order valence-electron chi connectivity index (χ0n) is 12.7. The van der Waals surface area contributed by atoms with Gasteiger partial charge in [-0.15, -0.1) is 11.3 Å². The molecule has 0 atom stereocenters. The van der Waals surface area contributed by atoms with Crippen LogP contribution in [0.25, 0.3) is 10.2 Å². The Balaban J connectivity index is 1.74. The van der Waals surface area contributed by atoms with Crippen LogP contribution in [0.2, 0.25) is 0 Å². The van der Waals surface area contributed by atoms with Gasteiger partial charge in [0.1, 0.15) is 0 Å². The molecule has 2 heterocycles. The second-order valence-corrected chi connectivity index (χ2v) is 6.23. The van der Waals surface area contributed by atoms with Crippen molar-refractivity contribution >= 4 is 27.5 Å². The van der Waals surface area contributed by atoms with Crippen molar-refractivity contribution in [3.63, 3.8) is 0 Å². The van der Waals surface area contributed by atoms with Crippen molar-refractivity contribution < 1.29 is 9.90 Å². The number of thiophene rings is 1. The predicted molar refractivity (Wildman–Crippen MR) is 92.8 cm³/mol. The molecule has 3 rings (SSSR count). The first kappa shape index (κ1) is 15.6. The Bertz CT molecular complexity index is 786. The average molecular weight is 326 g/mol. The summed E-state index contributed by atoms with van der Waals surface area (Å²) in [4.78, 5) is 18.7. The Morgan fingerprint density at radius 1 is 1.17 bits per heavy atom. The van der Waals surface area contributed by atoms with Crippen LogP contribution in [0.1, 0.15) is 15.9 Å². The Morgan fingerprint density at radius 2 is 2.00 bits per heavy atom. The number of carbonyl (C=O) groups excluding carboxylic acids is 1. The topological polar surface area (TPSA) is 53.4 Å². The number of pyridine rings is 1. The molecule has 0 aliphatic rings. The highest BCUT2D eigenvalue weighted by molar-refractivity contribution is 7.17. The number of aliphatic hydroxyl groups is 1. The maximum atomic E-state index is 12.7. The lowest BCUT2D eigenvalue weighted by Crippen LogP contribution is -2.35. The van der Waals surface area contributed by atoms with Crippen LogP contribution in [0.3, 0.4) is 0 Å². The lowest BCUT2D eigenvalue weighted by Gasteiger charge is -2.21.